The monoisotopic (exact) mass is 1160 g/mol. The van der Waals surface area contributed by atoms with E-state index < -0.39 is 188 Å². The fourth-order valence-corrected chi connectivity index (χ4v) is 5.92. The summed E-state index contributed by atoms with van der Waals surface area (Å²) in [5, 5.41) is 0. The Morgan fingerprint density at radius 2 is 0.432 bits per heavy atom. The average molecular weight is 1160 g/mol. The smallest absolute Gasteiger partial charge is 0.298 e. The summed E-state index contributed by atoms with van der Waals surface area (Å²) in [6.45, 7) is 0. The minimum atomic E-state index is -9.62. The van der Waals surface area contributed by atoms with Crippen LogP contribution in [0.1, 0.15) is 31.8 Å². The maximum atomic E-state index is 16.8. The summed E-state index contributed by atoms with van der Waals surface area (Å²) in [6, 6.07) is -3.04. The SMILES string of the molecule is O=Cc1ccc(-c2c(F)c(C(F)(F)C(F)(F)C(F)(F)C(F)(F)C(F)(F)C(F)(F)C(F)(F)C(F)(F)F)c(-c3ccc(C=O)cc3)c(F)c2C(F)(F)C(F)(F)C(F)(F)C(F)(F)C(F)(F)C(F)(F)C(F)(F)C(F)(F)F)cc1. The first-order valence-corrected chi connectivity index (χ1v) is 17.5. The molecule has 0 atom stereocenters. The molecule has 3 aromatic rings. The number of halogens is 36. The summed E-state index contributed by atoms with van der Waals surface area (Å²) in [5.41, 5.74) is -24.5. The van der Waals surface area contributed by atoms with Crippen molar-refractivity contribution in [1.29, 1.82) is 0 Å². The van der Waals surface area contributed by atoms with Gasteiger partial charge in [0.25, 0.3) is 0 Å². The molecule has 0 aliphatic heterocycles. The van der Waals surface area contributed by atoms with Crippen molar-refractivity contribution in [2.24, 2.45) is 0 Å². The third-order valence-corrected chi connectivity index (χ3v) is 10.1. The lowest BCUT2D eigenvalue weighted by molar-refractivity contribution is -0.463. The summed E-state index contributed by atoms with van der Waals surface area (Å²) >= 11 is 0. The summed E-state index contributed by atoms with van der Waals surface area (Å²) in [7, 11) is 0. The van der Waals surface area contributed by atoms with E-state index in [-0.39, 0.29) is 24.3 Å². The zero-order valence-electron chi connectivity index (χ0n) is 33.2. The predicted octanol–water partition coefficient (Wildman–Crippen LogP) is 15.9. The number of rotatable bonds is 18. The van der Waals surface area contributed by atoms with Gasteiger partial charge in [-0.25, -0.2) is 8.78 Å². The molecule has 0 spiro atoms. The highest BCUT2D eigenvalue weighted by atomic mass is 19.4. The predicted molar refractivity (Wildman–Crippen MR) is 167 cm³/mol. The molecule has 38 heteroatoms. The van der Waals surface area contributed by atoms with Crippen LogP contribution in [0.25, 0.3) is 22.3 Å². The van der Waals surface area contributed by atoms with Crippen LogP contribution in [0.3, 0.4) is 0 Å². The highest BCUT2D eigenvalue weighted by Crippen LogP contribution is 2.69. The Labute approximate surface area is 380 Å². The van der Waals surface area contributed by atoms with E-state index in [0.29, 0.717) is 0 Å². The first kappa shape index (κ1) is 62.8. The van der Waals surface area contributed by atoms with Gasteiger partial charge in [0.2, 0.25) is 0 Å². The molecule has 3 aromatic carbocycles. The van der Waals surface area contributed by atoms with Crippen LogP contribution in [0.4, 0.5) is 158 Å². The van der Waals surface area contributed by atoms with Crippen molar-refractivity contribution in [2.45, 2.75) is 95.3 Å². The van der Waals surface area contributed by atoms with Crippen LogP contribution in [0.2, 0.25) is 0 Å². The first-order valence-electron chi connectivity index (χ1n) is 17.5. The largest absolute Gasteiger partial charge is 0.460 e. The van der Waals surface area contributed by atoms with E-state index in [4.69, 9.17) is 0 Å². The van der Waals surface area contributed by atoms with Gasteiger partial charge in [-0.2, -0.15) is 149 Å². The highest BCUT2D eigenvalue weighted by molar-refractivity contribution is 5.83. The van der Waals surface area contributed by atoms with Crippen LogP contribution in [0.5, 0.6) is 0 Å². The molecule has 0 aliphatic rings. The molecule has 0 amide bonds. The Hall–Kier alpha value is -5.52. The molecule has 0 N–H and O–H groups in total. The molecule has 74 heavy (non-hydrogen) atoms. The van der Waals surface area contributed by atoms with Crippen molar-refractivity contribution in [3.8, 4) is 22.3 Å². The molecule has 0 fully saturated rings. The Morgan fingerprint density at radius 1 is 0.257 bits per heavy atom. The number of benzene rings is 3. The van der Waals surface area contributed by atoms with E-state index in [1.165, 1.54) is 0 Å². The number of carbonyl (C=O) groups excluding carboxylic acids is 2. The quantitative estimate of drug-likeness (QED) is 0.0940. The normalized spacial score (nSPS) is 15.4. The Balaban J connectivity index is 2.77. The number of aldehydes is 2. The van der Waals surface area contributed by atoms with Crippen LogP contribution in [-0.4, -0.2) is 96.0 Å². The van der Waals surface area contributed by atoms with E-state index >= 15 is 61.5 Å². The molecular weight excluding hydrogens is 1150 g/mol. The van der Waals surface area contributed by atoms with E-state index in [2.05, 4.69) is 0 Å². The van der Waals surface area contributed by atoms with Gasteiger partial charge >= 0.3 is 95.3 Å². The van der Waals surface area contributed by atoms with Crippen LogP contribution in [0, 0.1) is 11.6 Å². The molecule has 0 unspecified atom stereocenters. The average Bonchev–Trinajstić information content (AvgIpc) is 3.24. The van der Waals surface area contributed by atoms with Gasteiger partial charge in [-0.3, -0.25) is 9.59 Å². The minimum absolute atomic E-state index is 0.182. The van der Waals surface area contributed by atoms with Crippen LogP contribution >= 0.6 is 0 Å². The lowest BCUT2D eigenvalue weighted by atomic mass is 9.79. The summed E-state index contributed by atoms with van der Waals surface area (Å²) in [4.78, 5) is 22.2. The molecular formula is C36H10F36O2. The van der Waals surface area contributed by atoms with Crippen molar-refractivity contribution in [3.05, 3.63) is 82.4 Å². The topological polar surface area (TPSA) is 34.1 Å². The number of alkyl halides is 34. The van der Waals surface area contributed by atoms with Gasteiger partial charge in [0.05, 0.1) is 11.1 Å². The fourth-order valence-electron chi connectivity index (χ4n) is 5.92. The molecule has 0 aromatic heterocycles. The number of hydrogen-bond acceptors (Lipinski definition) is 2. The van der Waals surface area contributed by atoms with Gasteiger partial charge in [0.15, 0.2) is 0 Å². The van der Waals surface area contributed by atoms with E-state index in [0.717, 1.165) is 0 Å². The van der Waals surface area contributed by atoms with E-state index in [1.807, 2.05) is 0 Å². The molecule has 0 bridgehead atoms. The molecule has 418 valence electrons. The van der Waals surface area contributed by atoms with Gasteiger partial charge in [0.1, 0.15) is 24.2 Å². The molecule has 0 heterocycles. The van der Waals surface area contributed by atoms with Crippen molar-refractivity contribution in [2.75, 3.05) is 0 Å². The van der Waals surface area contributed by atoms with Crippen LogP contribution in [0.15, 0.2) is 48.5 Å². The number of hydrogen-bond donors (Lipinski definition) is 0. The molecule has 0 saturated carbocycles. The Bertz CT molecular complexity index is 2420. The maximum absolute atomic E-state index is 16.8. The summed E-state index contributed by atoms with van der Waals surface area (Å²) in [5.74, 6) is -139. The van der Waals surface area contributed by atoms with Gasteiger partial charge in [0, 0.05) is 22.3 Å². The van der Waals surface area contributed by atoms with Gasteiger partial charge in [-0.05, 0) is 11.1 Å². The second kappa shape index (κ2) is 17.5. The van der Waals surface area contributed by atoms with E-state index in [1.54, 1.807) is 0 Å². The Kier molecular flexibility index (Phi) is 14.9. The third-order valence-electron chi connectivity index (χ3n) is 10.1. The lowest BCUT2D eigenvalue weighted by Gasteiger charge is -2.43. The molecule has 0 aliphatic carbocycles. The molecule has 2 nitrogen and oxygen atoms in total. The summed E-state index contributed by atoms with van der Waals surface area (Å²) in [6.07, 6.45) is -17.7. The van der Waals surface area contributed by atoms with E-state index in [9.17, 15) is 106 Å². The highest BCUT2D eigenvalue weighted by Gasteiger charge is 2.97. The zero-order chi connectivity index (χ0) is 58.8. The van der Waals surface area contributed by atoms with Crippen LogP contribution in [-0.2, 0) is 11.8 Å². The lowest BCUT2D eigenvalue weighted by Crippen LogP contribution is -2.74. The first-order chi connectivity index (χ1) is 32.4. The van der Waals surface area contributed by atoms with Crippen molar-refractivity contribution < 1.29 is 168 Å². The van der Waals surface area contributed by atoms with Crippen molar-refractivity contribution in [1.82, 2.24) is 0 Å². The minimum Gasteiger partial charge on any atom is -0.298 e. The number of carbonyl (C=O) groups is 2. The van der Waals surface area contributed by atoms with Crippen molar-refractivity contribution >= 4 is 12.6 Å². The Morgan fingerprint density at radius 3 is 0.608 bits per heavy atom. The van der Waals surface area contributed by atoms with Crippen molar-refractivity contribution in [3.63, 3.8) is 0 Å². The van der Waals surface area contributed by atoms with Crippen LogP contribution < -0.4 is 0 Å². The standard InChI is InChI=1S/C36H10F36O2/c37-19-15(13-5-1-11(9-73)2-6-13)17(21(39,40)23(43,44)25(47,48)27(51,52)29(55,56)31(59,60)33(63,64)35(67,68)69)20(38)16(14-7-3-12(10-74)4-8-14)18(19)22(41,42)24(45,46)26(49,50)28(53,54)30(57,58)32(61,62)34(65,66)36(70,71)72/h1-10H. The van der Waals surface area contributed by atoms with Gasteiger partial charge in [-0.1, -0.05) is 48.5 Å². The zero-order valence-corrected chi connectivity index (χ0v) is 33.2. The second-order valence-electron chi connectivity index (χ2n) is 14.6. The summed E-state index contributed by atoms with van der Waals surface area (Å²) < 4.78 is 520. The molecule has 3 rings (SSSR count). The second-order valence-corrected chi connectivity index (χ2v) is 14.6. The van der Waals surface area contributed by atoms with Gasteiger partial charge < -0.3 is 0 Å². The molecule has 0 saturated heterocycles. The fraction of sp³-hybridized carbons (Fsp3) is 0.444. The molecule has 0 radical (unpaired) electrons. The maximum Gasteiger partial charge on any atom is 0.460 e. The third kappa shape index (κ3) is 8.02. The van der Waals surface area contributed by atoms with Gasteiger partial charge in [-0.15, -0.1) is 0 Å².